The minimum absolute atomic E-state index is 0.206. The van der Waals surface area contributed by atoms with Gasteiger partial charge >= 0.3 is 0 Å². The second-order valence-corrected chi connectivity index (χ2v) is 7.17. The highest BCUT2D eigenvalue weighted by molar-refractivity contribution is 5.79. The van der Waals surface area contributed by atoms with Gasteiger partial charge in [-0.2, -0.15) is 0 Å². The summed E-state index contributed by atoms with van der Waals surface area (Å²) in [5.74, 6) is 1.92. The summed E-state index contributed by atoms with van der Waals surface area (Å²) in [4.78, 5) is 14.5. The normalized spacial score (nSPS) is 24.8. The van der Waals surface area contributed by atoms with Crippen LogP contribution in [-0.2, 0) is 4.79 Å². The van der Waals surface area contributed by atoms with E-state index in [2.05, 4.69) is 37.9 Å². The number of hydrogen-bond acceptors (Lipinski definition) is 2. The maximum atomic E-state index is 12.4. The smallest absolute Gasteiger partial charge is 0.225 e. The Balaban J connectivity index is 1.83. The Morgan fingerprint density at radius 1 is 1.22 bits per heavy atom. The van der Waals surface area contributed by atoms with Crippen molar-refractivity contribution in [3.63, 3.8) is 0 Å². The summed E-state index contributed by atoms with van der Waals surface area (Å²) < 4.78 is 0. The van der Waals surface area contributed by atoms with Crippen molar-refractivity contribution in [1.82, 2.24) is 10.2 Å². The van der Waals surface area contributed by atoms with Gasteiger partial charge in [0.15, 0.2) is 0 Å². The molecule has 0 saturated carbocycles. The van der Waals surface area contributed by atoms with E-state index < -0.39 is 0 Å². The molecule has 1 N–H and O–H groups in total. The van der Waals surface area contributed by atoms with Gasteiger partial charge in [0.1, 0.15) is 0 Å². The van der Waals surface area contributed by atoms with Crippen molar-refractivity contribution in [2.45, 2.75) is 40.5 Å². The molecule has 1 atom stereocenters. The highest BCUT2D eigenvalue weighted by Crippen LogP contribution is 2.34. The lowest BCUT2D eigenvalue weighted by molar-refractivity contribution is -0.139. The molecule has 0 aliphatic carbocycles. The van der Waals surface area contributed by atoms with E-state index in [1.165, 1.54) is 12.8 Å². The Hall–Kier alpha value is -0.570. The first-order valence-electron chi connectivity index (χ1n) is 7.39. The highest BCUT2D eigenvalue weighted by Gasteiger charge is 2.35. The largest absolute Gasteiger partial charge is 0.342 e. The molecule has 2 heterocycles. The summed E-state index contributed by atoms with van der Waals surface area (Å²) in [6.07, 6.45) is 2.34. The second-order valence-electron chi connectivity index (χ2n) is 7.17. The number of nitrogens with zero attached hydrogens (tertiary/aromatic N) is 1. The topological polar surface area (TPSA) is 32.3 Å². The average molecular weight is 252 g/mol. The third kappa shape index (κ3) is 2.87. The molecule has 0 spiro atoms. The van der Waals surface area contributed by atoms with E-state index in [1.807, 2.05) is 0 Å². The summed E-state index contributed by atoms with van der Waals surface area (Å²) in [5, 5.41) is 3.26. The Kier molecular flexibility index (Phi) is 4.00. The minimum atomic E-state index is 0.206. The first-order valence-corrected chi connectivity index (χ1v) is 7.39. The molecule has 2 fully saturated rings. The second kappa shape index (κ2) is 5.20. The van der Waals surface area contributed by atoms with Crippen LogP contribution in [0.1, 0.15) is 40.5 Å². The van der Waals surface area contributed by atoms with Crippen LogP contribution in [0.25, 0.3) is 0 Å². The van der Waals surface area contributed by atoms with Crippen molar-refractivity contribution in [1.29, 1.82) is 0 Å². The van der Waals surface area contributed by atoms with Gasteiger partial charge in [0.25, 0.3) is 0 Å². The molecule has 0 aromatic heterocycles. The number of carbonyl (C=O) groups is 1. The molecule has 18 heavy (non-hydrogen) atoms. The fourth-order valence-corrected chi connectivity index (χ4v) is 3.12. The standard InChI is InChI=1S/C15H28N2O/c1-11(12-9-16-10-12)14(18)17-7-5-13(6-8-17)15(2,3)4/h11-13,16H,5-10H2,1-4H3. The van der Waals surface area contributed by atoms with Gasteiger partial charge < -0.3 is 10.2 Å². The van der Waals surface area contributed by atoms with Crippen LogP contribution in [0, 0.1) is 23.2 Å². The van der Waals surface area contributed by atoms with E-state index in [9.17, 15) is 4.79 Å². The molecule has 0 radical (unpaired) electrons. The van der Waals surface area contributed by atoms with Gasteiger partial charge in [-0.3, -0.25) is 4.79 Å². The number of amides is 1. The number of nitrogens with one attached hydrogen (secondary N) is 1. The number of rotatable bonds is 2. The van der Waals surface area contributed by atoms with Crippen molar-refractivity contribution in [3.05, 3.63) is 0 Å². The molecule has 0 bridgehead atoms. The average Bonchev–Trinajstić information content (AvgIpc) is 2.24. The van der Waals surface area contributed by atoms with Gasteiger partial charge in [-0.1, -0.05) is 27.7 Å². The van der Waals surface area contributed by atoms with Crippen LogP contribution in [0.3, 0.4) is 0 Å². The van der Waals surface area contributed by atoms with Gasteiger partial charge in [0.05, 0.1) is 0 Å². The summed E-state index contributed by atoms with van der Waals surface area (Å²) in [5.41, 5.74) is 0.388. The van der Waals surface area contributed by atoms with Crippen LogP contribution in [0.15, 0.2) is 0 Å². The quantitative estimate of drug-likeness (QED) is 0.816. The molecule has 2 aliphatic rings. The maximum Gasteiger partial charge on any atom is 0.225 e. The van der Waals surface area contributed by atoms with Crippen molar-refractivity contribution in [2.75, 3.05) is 26.2 Å². The lowest BCUT2D eigenvalue weighted by atomic mass is 9.75. The van der Waals surface area contributed by atoms with Crippen LogP contribution in [0.5, 0.6) is 0 Å². The van der Waals surface area contributed by atoms with Crippen LogP contribution in [0.2, 0.25) is 0 Å². The third-order valence-corrected chi connectivity index (χ3v) is 4.94. The summed E-state index contributed by atoms with van der Waals surface area (Å²) in [7, 11) is 0. The number of carbonyl (C=O) groups excluding carboxylic acids is 1. The van der Waals surface area contributed by atoms with Crippen molar-refractivity contribution in [3.8, 4) is 0 Å². The fraction of sp³-hybridized carbons (Fsp3) is 0.933. The Morgan fingerprint density at radius 2 is 1.78 bits per heavy atom. The van der Waals surface area contributed by atoms with E-state index >= 15 is 0 Å². The zero-order valence-electron chi connectivity index (χ0n) is 12.3. The monoisotopic (exact) mass is 252 g/mol. The maximum absolute atomic E-state index is 12.4. The number of likely N-dealkylation sites (tertiary alicyclic amines) is 1. The molecule has 3 heteroatoms. The van der Waals surface area contributed by atoms with Crippen molar-refractivity contribution < 1.29 is 4.79 Å². The van der Waals surface area contributed by atoms with Crippen LogP contribution in [-0.4, -0.2) is 37.0 Å². The molecular weight excluding hydrogens is 224 g/mol. The molecule has 0 aromatic rings. The van der Waals surface area contributed by atoms with E-state index in [4.69, 9.17) is 0 Å². The molecule has 1 unspecified atom stereocenters. The Morgan fingerprint density at radius 3 is 2.17 bits per heavy atom. The molecule has 104 valence electrons. The third-order valence-electron chi connectivity index (χ3n) is 4.94. The van der Waals surface area contributed by atoms with E-state index in [0.717, 1.165) is 32.1 Å². The lowest BCUT2D eigenvalue weighted by Crippen LogP contribution is -2.52. The van der Waals surface area contributed by atoms with Crippen LogP contribution in [0.4, 0.5) is 0 Å². The Bertz CT molecular complexity index is 296. The van der Waals surface area contributed by atoms with E-state index in [-0.39, 0.29) is 5.92 Å². The molecule has 2 rings (SSSR count). The van der Waals surface area contributed by atoms with Crippen molar-refractivity contribution in [2.24, 2.45) is 23.2 Å². The number of hydrogen-bond donors (Lipinski definition) is 1. The first kappa shape index (κ1) is 13.9. The zero-order valence-corrected chi connectivity index (χ0v) is 12.3. The lowest BCUT2D eigenvalue weighted by Gasteiger charge is -2.41. The fourth-order valence-electron chi connectivity index (χ4n) is 3.12. The SMILES string of the molecule is CC(C(=O)N1CCC(C(C)(C)C)CC1)C1CNC1. The molecular formula is C15H28N2O. The number of piperidine rings is 1. The molecule has 3 nitrogen and oxygen atoms in total. The van der Waals surface area contributed by atoms with Gasteiger partial charge in [-0.05, 0) is 43.2 Å². The summed E-state index contributed by atoms with van der Waals surface area (Å²) in [6.45, 7) is 13.0. The Labute approximate surface area is 111 Å². The molecule has 1 amide bonds. The van der Waals surface area contributed by atoms with Gasteiger partial charge in [-0.15, -0.1) is 0 Å². The summed E-state index contributed by atoms with van der Waals surface area (Å²) >= 11 is 0. The van der Waals surface area contributed by atoms with Gasteiger partial charge in [0, 0.05) is 19.0 Å². The molecule has 2 aliphatic heterocycles. The molecule has 2 saturated heterocycles. The first-order chi connectivity index (χ1) is 8.39. The summed E-state index contributed by atoms with van der Waals surface area (Å²) in [6, 6.07) is 0. The minimum Gasteiger partial charge on any atom is -0.342 e. The zero-order chi connectivity index (χ0) is 13.3. The van der Waals surface area contributed by atoms with Crippen molar-refractivity contribution >= 4 is 5.91 Å². The van der Waals surface area contributed by atoms with Crippen LogP contribution < -0.4 is 5.32 Å². The predicted octanol–water partition coefficient (Wildman–Crippen LogP) is 2.13. The van der Waals surface area contributed by atoms with E-state index in [0.29, 0.717) is 17.2 Å². The van der Waals surface area contributed by atoms with Gasteiger partial charge in [-0.25, -0.2) is 0 Å². The van der Waals surface area contributed by atoms with E-state index in [1.54, 1.807) is 0 Å². The van der Waals surface area contributed by atoms with Gasteiger partial charge in [0.2, 0.25) is 5.91 Å². The predicted molar refractivity (Wildman–Crippen MR) is 74.3 cm³/mol. The highest BCUT2D eigenvalue weighted by atomic mass is 16.2. The van der Waals surface area contributed by atoms with Crippen LogP contribution >= 0.6 is 0 Å². The molecule has 0 aromatic carbocycles.